The molecule has 29 heavy (non-hydrogen) atoms. The van der Waals surface area contributed by atoms with Crippen LogP contribution in [0.3, 0.4) is 0 Å². The molecule has 1 amide bonds. The van der Waals surface area contributed by atoms with E-state index >= 15 is 0 Å². The second kappa shape index (κ2) is 7.40. The Morgan fingerprint density at radius 3 is 2.72 bits per heavy atom. The summed E-state index contributed by atoms with van der Waals surface area (Å²) >= 11 is 1.34. The number of fused-ring (bicyclic) bond motifs is 1. The van der Waals surface area contributed by atoms with Gasteiger partial charge in [-0.2, -0.15) is 0 Å². The number of amides is 1. The van der Waals surface area contributed by atoms with Gasteiger partial charge in [0.15, 0.2) is 4.80 Å². The van der Waals surface area contributed by atoms with E-state index in [0.717, 1.165) is 36.6 Å². The minimum Gasteiger partial charge on any atom is -0.493 e. The number of nitrogens with zero attached hydrogens (tertiary/aromatic N) is 4. The number of hydrogen-bond donors (Lipinski definition) is 1. The molecule has 146 valence electrons. The lowest BCUT2D eigenvalue weighted by Crippen LogP contribution is -2.23. The highest BCUT2D eigenvalue weighted by Gasteiger charge is 2.28. The first-order chi connectivity index (χ1) is 14.2. The average Bonchev–Trinajstić information content (AvgIpc) is 3.24. The van der Waals surface area contributed by atoms with Crippen LogP contribution in [0.2, 0.25) is 0 Å². The second-order valence-corrected chi connectivity index (χ2v) is 8.31. The zero-order valence-electron chi connectivity index (χ0n) is 15.8. The molecule has 1 N–H and O–H groups in total. The van der Waals surface area contributed by atoms with Crippen LogP contribution in [0.4, 0.5) is 5.69 Å². The lowest BCUT2D eigenvalue weighted by Gasteiger charge is -2.23. The van der Waals surface area contributed by atoms with Gasteiger partial charge in [-0.3, -0.25) is 14.3 Å². The fourth-order valence-electron chi connectivity index (χ4n) is 4.11. The maximum atomic E-state index is 12.7. The maximum Gasteiger partial charge on any atom is 0.279 e. The van der Waals surface area contributed by atoms with Gasteiger partial charge in [-0.25, -0.2) is 9.98 Å². The van der Waals surface area contributed by atoms with Gasteiger partial charge < -0.3 is 5.11 Å². The van der Waals surface area contributed by atoms with Gasteiger partial charge in [0.25, 0.3) is 5.91 Å². The van der Waals surface area contributed by atoms with Crippen LogP contribution in [0.5, 0.6) is 5.88 Å². The van der Waals surface area contributed by atoms with Crippen LogP contribution < -0.4 is 15.4 Å². The monoisotopic (exact) mass is 404 g/mol. The molecular weight excluding hydrogens is 384 g/mol. The molecule has 6 nitrogen and oxygen atoms in total. The van der Waals surface area contributed by atoms with Crippen LogP contribution in [0.1, 0.15) is 43.0 Å². The summed E-state index contributed by atoms with van der Waals surface area (Å²) < 4.78 is 1.91. The van der Waals surface area contributed by atoms with E-state index in [1.54, 1.807) is 12.4 Å². The average molecular weight is 404 g/mol. The van der Waals surface area contributed by atoms with Crippen molar-refractivity contribution in [2.24, 2.45) is 9.98 Å². The smallest absolute Gasteiger partial charge is 0.279 e. The quantitative estimate of drug-likeness (QED) is 0.729. The number of carbonyl (C=O) groups excluding carboxylic acids is 1. The van der Waals surface area contributed by atoms with Crippen LogP contribution >= 0.6 is 11.3 Å². The van der Waals surface area contributed by atoms with E-state index in [0.29, 0.717) is 20.6 Å². The molecule has 3 heterocycles. The molecule has 2 aromatic heterocycles. The van der Waals surface area contributed by atoms with E-state index in [9.17, 15) is 9.90 Å². The fourth-order valence-corrected chi connectivity index (χ4v) is 5.26. The molecule has 1 saturated carbocycles. The number of para-hydroxylation sites is 1. The molecule has 0 unspecified atom stereocenters. The molecule has 1 aliphatic carbocycles. The molecule has 7 heteroatoms. The van der Waals surface area contributed by atoms with E-state index < -0.39 is 0 Å². The maximum absolute atomic E-state index is 12.7. The number of aromatic nitrogens is 2. The molecule has 2 aliphatic rings. The largest absolute Gasteiger partial charge is 0.493 e. The number of hydrogen-bond acceptors (Lipinski definition) is 5. The lowest BCUT2D eigenvalue weighted by molar-refractivity contribution is -0.112. The molecule has 1 fully saturated rings. The lowest BCUT2D eigenvalue weighted by atomic mass is 9.95. The summed E-state index contributed by atoms with van der Waals surface area (Å²) in [6.07, 6.45) is 8.86. The third-order valence-electron chi connectivity index (χ3n) is 5.48. The van der Waals surface area contributed by atoms with E-state index in [4.69, 9.17) is 4.99 Å². The van der Waals surface area contributed by atoms with Crippen molar-refractivity contribution in [3.05, 3.63) is 69.0 Å². The van der Waals surface area contributed by atoms with Crippen molar-refractivity contribution in [2.45, 2.75) is 38.1 Å². The van der Waals surface area contributed by atoms with E-state index in [1.165, 1.54) is 17.8 Å². The minimum atomic E-state index is -0.313. The van der Waals surface area contributed by atoms with E-state index in [2.05, 4.69) is 9.98 Å². The minimum absolute atomic E-state index is 0.111. The van der Waals surface area contributed by atoms with Gasteiger partial charge in [-0.05, 0) is 31.0 Å². The standard InChI is InChI=1S/C22H20N4O2S/c27-20-18(16-10-4-5-11-17(16)25-20)19-21(28)26(15-8-2-1-3-9-15)22(29-19)24-14-7-6-12-23-13-14/h4-7,10-13,15,28H,1-3,8-9H2. The van der Waals surface area contributed by atoms with Gasteiger partial charge in [-0.1, -0.05) is 48.8 Å². The summed E-state index contributed by atoms with van der Waals surface area (Å²) in [6, 6.07) is 11.3. The summed E-state index contributed by atoms with van der Waals surface area (Å²) in [5, 5.41) is 12.6. The summed E-state index contributed by atoms with van der Waals surface area (Å²) in [7, 11) is 0. The Balaban J connectivity index is 1.76. The topological polar surface area (TPSA) is 79.8 Å². The predicted molar refractivity (Wildman–Crippen MR) is 110 cm³/mol. The predicted octanol–water partition coefficient (Wildman–Crippen LogP) is 2.75. The number of carbonyl (C=O) groups is 1. The first-order valence-corrected chi connectivity index (χ1v) is 10.7. The van der Waals surface area contributed by atoms with Crippen LogP contribution in [0.15, 0.2) is 58.8 Å². The first-order valence-electron chi connectivity index (χ1n) is 9.84. The fraction of sp³-hybridized carbons (Fsp3) is 0.273. The van der Waals surface area contributed by atoms with Crippen LogP contribution in [-0.2, 0) is 4.79 Å². The highest BCUT2D eigenvalue weighted by atomic mass is 32.1. The summed E-state index contributed by atoms with van der Waals surface area (Å²) in [5.74, 6) is -0.203. The molecule has 0 radical (unpaired) electrons. The molecule has 1 aromatic carbocycles. The Labute approximate surface area is 171 Å². The molecule has 0 bridgehead atoms. The van der Waals surface area contributed by atoms with Crippen molar-refractivity contribution in [3.63, 3.8) is 0 Å². The Hall–Kier alpha value is -3.06. The normalized spacial score (nSPS) is 17.4. The number of pyridine rings is 1. The highest BCUT2D eigenvalue weighted by Crippen LogP contribution is 2.36. The van der Waals surface area contributed by atoms with E-state index in [-0.39, 0.29) is 17.8 Å². The highest BCUT2D eigenvalue weighted by molar-refractivity contribution is 7.11. The van der Waals surface area contributed by atoms with Crippen molar-refractivity contribution < 1.29 is 9.90 Å². The van der Waals surface area contributed by atoms with Gasteiger partial charge in [-0.15, -0.1) is 0 Å². The number of benzene rings is 1. The molecule has 0 saturated heterocycles. The summed E-state index contributed by atoms with van der Waals surface area (Å²) in [5.41, 5.74) is 1.18. The summed E-state index contributed by atoms with van der Waals surface area (Å²) in [4.78, 5) is 26.9. The van der Waals surface area contributed by atoms with Gasteiger partial charge in [0.2, 0.25) is 5.88 Å². The van der Waals surface area contributed by atoms with E-state index in [1.807, 2.05) is 41.0 Å². The van der Waals surface area contributed by atoms with Crippen molar-refractivity contribution in [3.8, 4) is 5.88 Å². The Morgan fingerprint density at radius 1 is 1.10 bits per heavy atom. The van der Waals surface area contributed by atoms with Gasteiger partial charge in [0, 0.05) is 17.5 Å². The zero-order valence-corrected chi connectivity index (χ0v) is 16.6. The molecule has 3 aromatic rings. The van der Waals surface area contributed by atoms with Crippen LogP contribution in [0.25, 0.3) is 5.57 Å². The van der Waals surface area contributed by atoms with Gasteiger partial charge in [0.05, 0.1) is 22.8 Å². The molecular formula is C22H20N4O2S. The zero-order chi connectivity index (χ0) is 19.8. The van der Waals surface area contributed by atoms with Crippen molar-refractivity contribution in [1.82, 2.24) is 9.55 Å². The molecule has 0 spiro atoms. The number of aromatic hydroxyl groups is 1. The number of thiazole rings is 1. The van der Waals surface area contributed by atoms with Crippen molar-refractivity contribution in [2.75, 3.05) is 0 Å². The SMILES string of the molecule is O=C1N=c2ccccc2=C1c1sc(=Nc2cccnc2)n(C2CCCCC2)c1O. The molecule has 1 aliphatic heterocycles. The number of rotatable bonds is 3. The van der Waals surface area contributed by atoms with Crippen molar-refractivity contribution in [1.29, 1.82) is 0 Å². The van der Waals surface area contributed by atoms with Crippen LogP contribution in [0, 0.1) is 0 Å². The van der Waals surface area contributed by atoms with Crippen LogP contribution in [-0.4, -0.2) is 20.6 Å². The third kappa shape index (κ3) is 3.21. The Kier molecular flexibility index (Phi) is 4.60. The Morgan fingerprint density at radius 2 is 1.93 bits per heavy atom. The first kappa shape index (κ1) is 18.0. The van der Waals surface area contributed by atoms with Gasteiger partial charge >= 0.3 is 0 Å². The Bertz CT molecular complexity index is 1270. The van der Waals surface area contributed by atoms with Crippen molar-refractivity contribution >= 4 is 28.5 Å². The van der Waals surface area contributed by atoms with Gasteiger partial charge in [0.1, 0.15) is 4.88 Å². The molecule has 0 atom stereocenters. The third-order valence-corrected chi connectivity index (χ3v) is 6.54. The summed E-state index contributed by atoms with van der Waals surface area (Å²) in [6.45, 7) is 0. The second-order valence-electron chi connectivity index (χ2n) is 7.33. The molecule has 5 rings (SSSR count).